The fraction of sp³-hybridized carbons (Fsp3) is 0.800. The topological polar surface area (TPSA) is 3.24 Å². The van der Waals surface area contributed by atoms with Crippen molar-refractivity contribution in [1.29, 1.82) is 0 Å². The van der Waals surface area contributed by atoms with E-state index >= 15 is 0 Å². The first-order chi connectivity index (χ1) is 5.20. The predicted octanol–water partition coefficient (Wildman–Crippen LogP) is 2.68. The van der Waals surface area contributed by atoms with Crippen LogP contribution in [-0.2, 0) is 0 Å². The second-order valence-electron chi connectivity index (χ2n) is 3.10. The Morgan fingerprint density at radius 1 is 1.36 bits per heavy atom. The molecule has 0 aliphatic carbocycles. The molecule has 1 nitrogen and oxygen atoms in total. The number of rotatable bonds is 6. The van der Waals surface area contributed by atoms with E-state index < -0.39 is 0 Å². The Bertz CT molecular complexity index is 107. The fourth-order valence-corrected chi connectivity index (χ4v) is 0.934. The van der Waals surface area contributed by atoms with Gasteiger partial charge in [0.1, 0.15) is 0 Å². The van der Waals surface area contributed by atoms with Crippen molar-refractivity contribution in [1.82, 2.24) is 4.90 Å². The standard InChI is InChI=1S/C10H21N/c1-5-10(3)8-7-9-11(4)6-2/h3,5-9H2,1-2,4H3. The van der Waals surface area contributed by atoms with E-state index in [-0.39, 0.29) is 0 Å². The van der Waals surface area contributed by atoms with Gasteiger partial charge in [0, 0.05) is 0 Å². The molecule has 0 aliphatic heterocycles. The first-order valence-corrected chi connectivity index (χ1v) is 4.55. The summed E-state index contributed by atoms with van der Waals surface area (Å²) in [6.07, 6.45) is 3.59. The van der Waals surface area contributed by atoms with Crippen molar-refractivity contribution in [2.75, 3.05) is 20.1 Å². The smallest absolute Gasteiger partial charge is 0.00189 e. The molecule has 0 rings (SSSR count). The van der Waals surface area contributed by atoms with Crippen molar-refractivity contribution < 1.29 is 0 Å². The fourth-order valence-electron chi connectivity index (χ4n) is 0.934. The molecular formula is C10H21N. The molecule has 66 valence electrons. The van der Waals surface area contributed by atoms with E-state index in [1.165, 1.54) is 25.0 Å². The molecule has 0 saturated heterocycles. The average molecular weight is 155 g/mol. The molecular weight excluding hydrogens is 134 g/mol. The monoisotopic (exact) mass is 155 g/mol. The van der Waals surface area contributed by atoms with E-state index in [4.69, 9.17) is 0 Å². The number of nitrogens with zero attached hydrogens (tertiary/aromatic N) is 1. The summed E-state index contributed by atoms with van der Waals surface area (Å²) < 4.78 is 0. The second-order valence-corrected chi connectivity index (χ2v) is 3.10. The highest BCUT2D eigenvalue weighted by atomic mass is 15.1. The lowest BCUT2D eigenvalue weighted by Crippen LogP contribution is -2.18. The van der Waals surface area contributed by atoms with E-state index in [9.17, 15) is 0 Å². The van der Waals surface area contributed by atoms with Crippen molar-refractivity contribution in [3.8, 4) is 0 Å². The second kappa shape index (κ2) is 6.41. The van der Waals surface area contributed by atoms with Gasteiger partial charge in [0.15, 0.2) is 0 Å². The highest BCUT2D eigenvalue weighted by Crippen LogP contribution is 2.06. The summed E-state index contributed by atoms with van der Waals surface area (Å²) >= 11 is 0. The van der Waals surface area contributed by atoms with Crippen LogP contribution >= 0.6 is 0 Å². The number of hydrogen-bond donors (Lipinski definition) is 0. The van der Waals surface area contributed by atoms with Crippen LogP contribution in [0.1, 0.15) is 33.1 Å². The molecule has 0 heterocycles. The molecule has 0 unspecified atom stereocenters. The van der Waals surface area contributed by atoms with Crippen LogP contribution in [0.5, 0.6) is 0 Å². The molecule has 0 aromatic carbocycles. The zero-order chi connectivity index (χ0) is 8.69. The zero-order valence-electron chi connectivity index (χ0n) is 8.19. The zero-order valence-corrected chi connectivity index (χ0v) is 8.19. The summed E-state index contributed by atoms with van der Waals surface area (Å²) in [6.45, 7) is 10.7. The Hall–Kier alpha value is -0.300. The average Bonchev–Trinajstić information content (AvgIpc) is 2.04. The minimum Gasteiger partial charge on any atom is -0.307 e. The molecule has 0 aromatic heterocycles. The molecule has 0 aromatic rings. The first-order valence-electron chi connectivity index (χ1n) is 4.55. The third-order valence-electron chi connectivity index (χ3n) is 2.11. The van der Waals surface area contributed by atoms with Gasteiger partial charge in [-0.3, -0.25) is 0 Å². The molecule has 0 amide bonds. The number of allylic oxidation sites excluding steroid dienone is 1. The number of hydrogen-bond acceptors (Lipinski definition) is 1. The van der Waals surface area contributed by atoms with Gasteiger partial charge in [-0.2, -0.15) is 0 Å². The van der Waals surface area contributed by atoms with Crippen molar-refractivity contribution in [2.45, 2.75) is 33.1 Å². The van der Waals surface area contributed by atoms with E-state index in [0.29, 0.717) is 0 Å². The lowest BCUT2D eigenvalue weighted by atomic mass is 10.1. The van der Waals surface area contributed by atoms with E-state index in [1.807, 2.05) is 0 Å². The molecule has 0 N–H and O–H groups in total. The van der Waals surface area contributed by atoms with E-state index in [0.717, 1.165) is 13.0 Å². The van der Waals surface area contributed by atoms with Gasteiger partial charge in [0.2, 0.25) is 0 Å². The van der Waals surface area contributed by atoms with E-state index in [2.05, 4.69) is 32.4 Å². The van der Waals surface area contributed by atoms with Gasteiger partial charge < -0.3 is 4.90 Å². The van der Waals surface area contributed by atoms with Gasteiger partial charge in [-0.05, 0) is 39.4 Å². The van der Waals surface area contributed by atoms with Crippen LogP contribution in [0.2, 0.25) is 0 Å². The van der Waals surface area contributed by atoms with E-state index in [1.54, 1.807) is 0 Å². The molecule has 0 radical (unpaired) electrons. The highest BCUT2D eigenvalue weighted by molar-refractivity contribution is 4.91. The Morgan fingerprint density at radius 3 is 2.45 bits per heavy atom. The van der Waals surface area contributed by atoms with Crippen molar-refractivity contribution in [3.05, 3.63) is 12.2 Å². The van der Waals surface area contributed by atoms with Gasteiger partial charge in [0.25, 0.3) is 0 Å². The summed E-state index contributed by atoms with van der Waals surface area (Å²) in [7, 11) is 2.16. The largest absolute Gasteiger partial charge is 0.307 e. The third-order valence-corrected chi connectivity index (χ3v) is 2.11. The van der Waals surface area contributed by atoms with Crippen molar-refractivity contribution >= 4 is 0 Å². The molecule has 1 heteroatoms. The normalized spacial score (nSPS) is 10.5. The minimum absolute atomic E-state index is 1.13. The minimum atomic E-state index is 1.13. The first kappa shape index (κ1) is 10.7. The van der Waals surface area contributed by atoms with Gasteiger partial charge in [-0.1, -0.05) is 26.0 Å². The molecule has 0 fully saturated rings. The molecule has 0 spiro atoms. The van der Waals surface area contributed by atoms with Gasteiger partial charge in [0.05, 0.1) is 0 Å². The maximum Gasteiger partial charge on any atom is -0.00189 e. The van der Waals surface area contributed by atoms with Gasteiger partial charge in [-0.25, -0.2) is 0 Å². The van der Waals surface area contributed by atoms with Crippen LogP contribution in [0.4, 0.5) is 0 Å². The van der Waals surface area contributed by atoms with Crippen LogP contribution < -0.4 is 0 Å². The lowest BCUT2D eigenvalue weighted by Gasteiger charge is -2.13. The lowest BCUT2D eigenvalue weighted by molar-refractivity contribution is 0.347. The van der Waals surface area contributed by atoms with Crippen LogP contribution in [0.25, 0.3) is 0 Å². The van der Waals surface area contributed by atoms with Crippen LogP contribution in [0.15, 0.2) is 12.2 Å². The maximum atomic E-state index is 3.98. The predicted molar refractivity (Wildman–Crippen MR) is 51.8 cm³/mol. The molecule has 0 aliphatic rings. The maximum absolute atomic E-state index is 3.98. The Morgan fingerprint density at radius 2 is 2.00 bits per heavy atom. The van der Waals surface area contributed by atoms with Crippen LogP contribution in [-0.4, -0.2) is 25.0 Å². The highest BCUT2D eigenvalue weighted by Gasteiger charge is 1.94. The van der Waals surface area contributed by atoms with Crippen LogP contribution in [0, 0.1) is 0 Å². The molecule has 0 bridgehead atoms. The van der Waals surface area contributed by atoms with Crippen molar-refractivity contribution in [2.24, 2.45) is 0 Å². The van der Waals surface area contributed by atoms with Gasteiger partial charge in [-0.15, -0.1) is 0 Å². The van der Waals surface area contributed by atoms with Gasteiger partial charge >= 0.3 is 0 Å². The summed E-state index contributed by atoms with van der Waals surface area (Å²) in [6, 6.07) is 0. The molecule has 11 heavy (non-hydrogen) atoms. The Kier molecular flexibility index (Phi) is 6.24. The molecule has 0 saturated carbocycles. The summed E-state index contributed by atoms with van der Waals surface area (Å²) in [4.78, 5) is 2.34. The summed E-state index contributed by atoms with van der Waals surface area (Å²) in [5.41, 5.74) is 1.38. The third kappa shape index (κ3) is 6.11. The SMILES string of the molecule is C=C(CC)CCCN(C)CC. The Balaban J connectivity index is 3.20. The quantitative estimate of drug-likeness (QED) is 0.533. The van der Waals surface area contributed by atoms with Crippen molar-refractivity contribution in [3.63, 3.8) is 0 Å². The Labute approximate surface area is 71.1 Å². The van der Waals surface area contributed by atoms with Crippen LogP contribution in [0.3, 0.4) is 0 Å². The summed E-state index contributed by atoms with van der Waals surface area (Å²) in [5.74, 6) is 0. The molecule has 0 atom stereocenters. The summed E-state index contributed by atoms with van der Waals surface area (Å²) in [5, 5.41) is 0.